The van der Waals surface area contributed by atoms with Crippen LogP contribution in [0.2, 0.25) is 0 Å². The van der Waals surface area contributed by atoms with Crippen molar-refractivity contribution in [2.24, 2.45) is 5.41 Å². The van der Waals surface area contributed by atoms with Gasteiger partial charge in [0, 0.05) is 23.9 Å². The molecule has 0 unspecified atom stereocenters. The molecule has 2 aromatic rings. The number of benzene rings is 1. The Morgan fingerprint density at radius 2 is 1.72 bits per heavy atom. The lowest BCUT2D eigenvalue weighted by atomic mass is 9.96. The second-order valence-corrected chi connectivity index (χ2v) is 9.23. The molecule has 1 N–H and O–H groups in total. The Bertz CT molecular complexity index is 898. The van der Waals surface area contributed by atoms with Crippen molar-refractivity contribution >= 4 is 34.1 Å². The number of nitrogens with zero attached hydrogens (tertiary/aromatic N) is 1. The Morgan fingerprint density at radius 1 is 1.10 bits per heavy atom. The van der Waals surface area contributed by atoms with Crippen LogP contribution in [0.1, 0.15) is 47.1 Å². The fourth-order valence-corrected chi connectivity index (χ4v) is 3.55. The third-order valence-corrected chi connectivity index (χ3v) is 5.64. The van der Waals surface area contributed by atoms with Gasteiger partial charge in [0.2, 0.25) is 5.91 Å². The molecule has 1 aromatic carbocycles. The first-order valence-electron chi connectivity index (χ1n) is 9.37. The lowest BCUT2D eigenvalue weighted by Crippen LogP contribution is -2.31. The van der Waals surface area contributed by atoms with Crippen LogP contribution >= 0.6 is 11.3 Å². The maximum Gasteiger partial charge on any atom is 0.341 e. The van der Waals surface area contributed by atoms with E-state index in [0.717, 1.165) is 16.0 Å². The van der Waals surface area contributed by atoms with E-state index in [1.165, 1.54) is 16.2 Å². The van der Waals surface area contributed by atoms with Crippen LogP contribution in [-0.2, 0) is 20.9 Å². The van der Waals surface area contributed by atoms with Crippen molar-refractivity contribution in [2.75, 3.05) is 19.0 Å². The molecule has 0 spiro atoms. The molecule has 0 fully saturated rings. The Balaban J connectivity index is 2.05. The molecule has 0 atom stereocenters. The van der Waals surface area contributed by atoms with Crippen LogP contribution in [0, 0.1) is 19.3 Å². The van der Waals surface area contributed by atoms with Gasteiger partial charge < -0.3 is 15.0 Å². The second-order valence-electron chi connectivity index (χ2n) is 8.00. The van der Waals surface area contributed by atoms with Gasteiger partial charge in [0.05, 0.1) is 5.56 Å². The molecule has 0 saturated carbocycles. The summed E-state index contributed by atoms with van der Waals surface area (Å²) in [5, 5.41) is 3.27. The predicted molar refractivity (Wildman–Crippen MR) is 115 cm³/mol. The van der Waals surface area contributed by atoms with Gasteiger partial charge in [-0.2, -0.15) is 0 Å². The van der Waals surface area contributed by atoms with Gasteiger partial charge in [0.15, 0.2) is 6.61 Å². The highest BCUT2D eigenvalue weighted by Crippen LogP contribution is 2.34. The number of likely N-dealkylation sites (N-methyl/N-ethyl adjacent to an activating group) is 1. The second kappa shape index (κ2) is 9.22. The number of hydrogen-bond donors (Lipinski definition) is 1. The smallest absolute Gasteiger partial charge is 0.341 e. The van der Waals surface area contributed by atoms with Crippen molar-refractivity contribution in [3.05, 3.63) is 51.9 Å². The number of aryl methyl sites for hydroxylation is 1. The summed E-state index contributed by atoms with van der Waals surface area (Å²) in [4.78, 5) is 39.8. The van der Waals surface area contributed by atoms with Crippen molar-refractivity contribution in [3.63, 3.8) is 0 Å². The van der Waals surface area contributed by atoms with Crippen LogP contribution in [0.5, 0.6) is 0 Å². The average molecular weight is 417 g/mol. The zero-order valence-corrected chi connectivity index (χ0v) is 18.6. The van der Waals surface area contributed by atoms with Crippen LogP contribution < -0.4 is 5.32 Å². The average Bonchev–Trinajstić information content (AvgIpc) is 2.93. The van der Waals surface area contributed by atoms with Gasteiger partial charge in [-0.05, 0) is 25.0 Å². The monoisotopic (exact) mass is 416 g/mol. The molecule has 0 aliphatic rings. The zero-order chi connectivity index (χ0) is 21.8. The number of thiophene rings is 1. The lowest BCUT2D eigenvalue weighted by Gasteiger charge is -2.18. The van der Waals surface area contributed by atoms with Gasteiger partial charge in [-0.25, -0.2) is 4.79 Å². The van der Waals surface area contributed by atoms with Crippen molar-refractivity contribution in [1.82, 2.24) is 4.90 Å². The lowest BCUT2D eigenvalue weighted by molar-refractivity contribution is -0.133. The van der Waals surface area contributed by atoms with Crippen molar-refractivity contribution in [1.29, 1.82) is 0 Å². The first kappa shape index (κ1) is 22.6. The molecule has 0 radical (unpaired) electrons. The van der Waals surface area contributed by atoms with E-state index in [2.05, 4.69) is 5.32 Å². The van der Waals surface area contributed by atoms with Gasteiger partial charge >= 0.3 is 5.97 Å². The number of anilines is 1. The maximum atomic E-state index is 12.7. The van der Waals surface area contributed by atoms with E-state index >= 15 is 0 Å². The fraction of sp³-hybridized carbons (Fsp3) is 0.409. The number of nitrogens with one attached hydrogen (secondary N) is 1. The highest BCUT2D eigenvalue weighted by molar-refractivity contribution is 7.16. The number of hydrogen-bond acceptors (Lipinski definition) is 5. The summed E-state index contributed by atoms with van der Waals surface area (Å²) < 4.78 is 5.28. The quantitative estimate of drug-likeness (QED) is 0.717. The molecule has 29 heavy (non-hydrogen) atoms. The minimum atomic E-state index is -0.613. The molecule has 0 aliphatic carbocycles. The third kappa shape index (κ3) is 5.90. The van der Waals surface area contributed by atoms with E-state index in [4.69, 9.17) is 4.74 Å². The van der Waals surface area contributed by atoms with Crippen LogP contribution in [0.25, 0.3) is 0 Å². The summed E-state index contributed by atoms with van der Waals surface area (Å²) in [5.41, 5.74) is 1.45. The molecule has 0 aliphatic heterocycles. The number of ether oxygens (including phenoxy) is 1. The Morgan fingerprint density at radius 3 is 2.31 bits per heavy atom. The van der Waals surface area contributed by atoms with Crippen LogP contribution in [0.4, 0.5) is 5.00 Å². The van der Waals surface area contributed by atoms with Crippen molar-refractivity contribution < 1.29 is 19.1 Å². The molecule has 2 amide bonds. The summed E-state index contributed by atoms with van der Waals surface area (Å²) in [6.45, 7) is 9.16. The summed E-state index contributed by atoms with van der Waals surface area (Å²) in [5.74, 6) is -1.10. The molecule has 0 saturated heterocycles. The van der Waals surface area contributed by atoms with Gasteiger partial charge in [-0.3, -0.25) is 9.59 Å². The number of carbonyl (C=O) groups is 3. The van der Waals surface area contributed by atoms with Crippen molar-refractivity contribution in [3.8, 4) is 0 Å². The maximum absolute atomic E-state index is 12.7. The number of carbonyl (C=O) groups excluding carboxylic acids is 3. The Hall–Kier alpha value is -2.67. The Labute approximate surface area is 175 Å². The number of esters is 1. The summed E-state index contributed by atoms with van der Waals surface area (Å²) in [7, 11) is 1.66. The summed E-state index contributed by atoms with van der Waals surface area (Å²) in [6, 6.07) is 9.58. The molecule has 6 nitrogen and oxygen atoms in total. The summed E-state index contributed by atoms with van der Waals surface area (Å²) >= 11 is 1.33. The highest BCUT2D eigenvalue weighted by Gasteiger charge is 2.27. The van der Waals surface area contributed by atoms with Gasteiger partial charge in [-0.1, -0.05) is 51.1 Å². The van der Waals surface area contributed by atoms with E-state index in [1.807, 2.05) is 37.3 Å². The van der Waals surface area contributed by atoms with Gasteiger partial charge in [0.1, 0.15) is 5.00 Å². The van der Waals surface area contributed by atoms with E-state index in [9.17, 15) is 14.4 Å². The molecule has 0 bridgehead atoms. The molecule has 156 valence electrons. The molecule has 1 heterocycles. The number of rotatable bonds is 6. The number of amides is 2. The normalized spacial score (nSPS) is 11.1. The van der Waals surface area contributed by atoms with Gasteiger partial charge in [0.25, 0.3) is 5.91 Å². The molecule has 2 rings (SSSR count). The first-order chi connectivity index (χ1) is 13.5. The SMILES string of the molecule is Cc1sc(NC(=O)C(C)(C)C)c(C(=O)OCC(=O)N(C)Cc2ccccc2)c1C. The van der Waals surface area contributed by atoms with Crippen LogP contribution in [-0.4, -0.2) is 36.3 Å². The van der Waals surface area contributed by atoms with Crippen LogP contribution in [0.15, 0.2) is 30.3 Å². The summed E-state index contributed by atoms with van der Waals surface area (Å²) in [6.07, 6.45) is 0. The standard InChI is InChI=1S/C22H28N2O4S/c1-14-15(2)29-19(23-21(27)22(3,4)5)18(14)20(26)28-13-17(25)24(6)12-16-10-8-7-9-11-16/h7-11H,12-13H2,1-6H3,(H,23,27). The van der Waals surface area contributed by atoms with Crippen molar-refractivity contribution in [2.45, 2.75) is 41.2 Å². The molecular formula is C22H28N2O4S. The zero-order valence-electron chi connectivity index (χ0n) is 17.8. The predicted octanol–water partition coefficient (Wildman–Crippen LogP) is 4.16. The molecule has 7 heteroatoms. The largest absolute Gasteiger partial charge is 0.452 e. The first-order valence-corrected chi connectivity index (χ1v) is 10.2. The van der Waals surface area contributed by atoms with E-state index in [-0.39, 0.29) is 18.4 Å². The highest BCUT2D eigenvalue weighted by atomic mass is 32.1. The fourth-order valence-electron chi connectivity index (χ4n) is 2.51. The van der Waals surface area contributed by atoms with E-state index < -0.39 is 11.4 Å². The van der Waals surface area contributed by atoms with Crippen LogP contribution in [0.3, 0.4) is 0 Å². The van der Waals surface area contributed by atoms with E-state index in [0.29, 0.717) is 17.1 Å². The van der Waals surface area contributed by atoms with E-state index in [1.54, 1.807) is 34.7 Å². The Kier molecular flexibility index (Phi) is 7.19. The van der Waals surface area contributed by atoms with Gasteiger partial charge in [-0.15, -0.1) is 11.3 Å². The molecular weight excluding hydrogens is 388 g/mol. The topological polar surface area (TPSA) is 75.7 Å². The minimum absolute atomic E-state index is 0.188. The molecule has 1 aromatic heterocycles. The third-order valence-electron chi connectivity index (χ3n) is 4.51. The minimum Gasteiger partial charge on any atom is -0.452 e.